The molecule has 1 N–H and O–H groups in total. The van der Waals surface area contributed by atoms with Gasteiger partial charge in [0.05, 0.1) is 11.9 Å². The van der Waals surface area contributed by atoms with E-state index in [1.807, 2.05) is 11.9 Å². The summed E-state index contributed by atoms with van der Waals surface area (Å²) < 4.78 is 57.8. The van der Waals surface area contributed by atoms with Gasteiger partial charge in [0, 0.05) is 44.7 Å². The fourth-order valence-corrected chi connectivity index (χ4v) is 3.76. The van der Waals surface area contributed by atoms with Crippen molar-refractivity contribution >= 4 is 23.5 Å². The maximum absolute atomic E-state index is 14.3. The zero-order valence-electron chi connectivity index (χ0n) is 17.3. The molecule has 1 atom stereocenters. The summed E-state index contributed by atoms with van der Waals surface area (Å²) in [6.07, 6.45) is -1.74. The quantitative estimate of drug-likeness (QED) is 0.421. The number of aromatic nitrogens is 2. The Hall–Kier alpha value is -3.15. The maximum Gasteiger partial charge on any atom is 0.573 e. The highest BCUT2D eigenvalue weighted by Crippen LogP contribution is 2.36. The van der Waals surface area contributed by atoms with Gasteiger partial charge in [0.1, 0.15) is 0 Å². The van der Waals surface area contributed by atoms with Crippen molar-refractivity contribution in [1.29, 1.82) is 0 Å². The van der Waals surface area contributed by atoms with Gasteiger partial charge in [-0.1, -0.05) is 0 Å². The minimum absolute atomic E-state index is 0.0201. The van der Waals surface area contributed by atoms with E-state index in [0.29, 0.717) is 36.4 Å². The number of halogens is 4. The molecule has 1 aromatic heterocycles. The lowest BCUT2D eigenvalue weighted by atomic mass is 10.1. The van der Waals surface area contributed by atoms with Gasteiger partial charge in [0.2, 0.25) is 12.0 Å². The first kappa shape index (κ1) is 22.1. The second kappa shape index (κ2) is 8.77. The largest absolute Gasteiger partial charge is 0.624 e. The lowest BCUT2D eigenvalue weighted by Crippen LogP contribution is -2.44. The number of nitrogens with one attached hydrogen (secondary N) is 1. The summed E-state index contributed by atoms with van der Waals surface area (Å²) in [7, 11) is 2.00. The third-order valence-corrected chi connectivity index (χ3v) is 5.45. The maximum atomic E-state index is 14.3. The van der Waals surface area contributed by atoms with Gasteiger partial charge in [0.15, 0.2) is 23.5 Å². The van der Waals surface area contributed by atoms with E-state index in [1.54, 1.807) is 6.07 Å². The second-order valence-electron chi connectivity index (χ2n) is 7.71. The molecule has 0 amide bonds. The summed E-state index contributed by atoms with van der Waals surface area (Å²) in [5, 5.41) is 14.6. The van der Waals surface area contributed by atoms with E-state index >= 15 is 0 Å². The number of alkyl halides is 3. The van der Waals surface area contributed by atoms with Crippen molar-refractivity contribution < 1.29 is 27.0 Å². The number of hydroxylamine groups is 1. The molecule has 2 aromatic rings. The van der Waals surface area contributed by atoms with Crippen molar-refractivity contribution in [1.82, 2.24) is 14.9 Å². The number of piperazine rings is 1. The van der Waals surface area contributed by atoms with Crippen LogP contribution in [0.15, 0.2) is 24.4 Å². The van der Waals surface area contributed by atoms with Crippen LogP contribution in [0.25, 0.3) is 0 Å². The standard InChI is InChI=1S/C20H22F4N6O2/c1-28-7-9-29(10-8-28)13-4-5-17(32-20(22,23)24)15(11-13)26-19-25-12-14(21)18(27-19)16-3-2-6-30(16)31/h4-6,11-12,16H,2-3,7-10H2,1H3,(H,25,26,27). The average molecular weight is 454 g/mol. The highest BCUT2D eigenvalue weighted by atomic mass is 19.4. The Morgan fingerprint density at radius 3 is 2.62 bits per heavy atom. The van der Waals surface area contributed by atoms with Gasteiger partial charge >= 0.3 is 6.36 Å². The molecular weight excluding hydrogens is 432 g/mol. The summed E-state index contributed by atoms with van der Waals surface area (Å²) >= 11 is 0. The predicted molar refractivity (Wildman–Crippen MR) is 110 cm³/mol. The molecule has 0 radical (unpaired) electrons. The molecule has 0 bridgehead atoms. The topological polar surface area (TPSA) is 79.6 Å². The number of hydrogen-bond donors (Lipinski definition) is 1. The Balaban J connectivity index is 1.65. The van der Waals surface area contributed by atoms with Crippen molar-refractivity contribution in [3.8, 4) is 5.75 Å². The Morgan fingerprint density at radius 2 is 1.97 bits per heavy atom. The minimum atomic E-state index is -4.90. The van der Waals surface area contributed by atoms with E-state index < -0.39 is 24.0 Å². The van der Waals surface area contributed by atoms with Crippen molar-refractivity contribution in [3.63, 3.8) is 0 Å². The van der Waals surface area contributed by atoms with Gasteiger partial charge in [-0.25, -0.2) is 19.1 Å². The molecule has 3 heterocycles. The van der Waals surface area contributed by atoms with Crippen LogP contribution in [-0.4, -0.2) is 65.4 Å². The molecule has 1 fully saturated rings. The first-order valence-electron chi connectivity index (χ1n) is 10.1. The van der Waals surface area contributed by atoms with E-state index in [4.69, 9.17) is 0 Å². The molecule has 0 spiro atoms. The summed E-state index contributed by atoms with van der Waals surface area (Å²) in [4.78, 5) is 12.1. The number of rotatable bonds is 5. The highest BCUT2D eigenvalue weighted by Gasteiger charge is 2.33. The molecule has 1 aromatic carbocycles. The third kappa shape index (κ3) is 5.01. The highest BCUT2D eigenvalue weighted by molar-refractivity contribution is 5.69. The molecule has 4 rings (SSSR count). The molecule has 8 nitrogen and oxygen atoms in total. The molecule has 172 valence electrons. The minimum Gasteiger partial charge on any atom is -0.624 e. The van der Waals surface area contributed by atoms with E-state index in [9.17, 15) is 22.8 Å². The van der Waals surface area contributed by atoms with Crippen molar-refractivity contribution in [2.45, 2.75) is 25.2 Å². The molecule has 2 aliphatic rings. The molecule has 1 unspecified atom stereocenters. The van der Waals surface area contributed by atoms with Gasteiger partial charge in [-0.3, -0.25) is 0 Å². The fraction of sp³-hybridized carbons (Fsp3) is 0.450. The van der Waals surface area contributed by atoms with Gasteiger partial charge in [-0.05, 0) is 25.2 Å². The predicted octanol–water partition coefficient (Wildman–Crippen LogP) is 3.43. The number of hydrogen-bond acceptors (Lipinski definition) is 7. The average Bonchev–Trinajstić information content (AvgIpc) is 3.16. The van der Waals surface area contributed by atoms with Crippen LogP contribution >= 0.6 is 0 Å². The molecule has 12 heteroatoms. The Kier molecular flexibility index (Phi) is 6.04. The van der Waals surface area contributed by atoms with Gasteiger partial charge < -0.3 is 25.1 Å². The Labute approximate surface area is 181 Å². The van der Waals surface area contributed by atoms with Crippen molar-refractivity contribution in [2.24, 2.45) is 0 Å². The summed E-state index contributed by atoms with van der Waals surface area (Å²) in [6, 6.07) is 3.49. The van der Waals surface area contributed by atoms with Crippen LogP contribution in [0.5, 0.6) is 5.75 Å². The zero-order valence-corrected chi connectivity index (χ0v) is 17.3. The van der Waals surface area contributed by atoms with Crippen LogP contribution in [0.1, 0.15) is 24.6 Å². The van der Waals surface area contributed by atoms with Crippen LogP contribution in [0.2, 0.25) is 0 Å². The van der Waals surface area contributed by atoms with Crippen molar-refractivity contribution in [2.75, 3.05) is 43.4 Å². The first-order valence-corrected chi connectivity index (χ1v) is 10.1. The third-order valence-electron chi connectivity index (χ3n) is 5.45. The van der Waals surface area contributed by atoms with Gasteiger partial charge in [-0.15, -0.1) is 13.2 Å². The lowest BCUT2D eigenvalue weighted by molar-refractivity contribution is -0.495. The number of nitrogens with zero attached hydrogens (tertiary/aromatic N) is 5. The first-order chi connectivity index (χ1) is 15.2. The van der Waals surface area contributed by atoms with E-state index in [2.05, 4.69) is 24.9 Å². The zero-order chi connectivity index (χ0) is 22.9. The van der Waals surface area contributed by atoms with Gasteiger partial charge in [0.25, 0.3) is 0 Å². The number of anilines is 3. The van der Waals surface area contributed by atoms with E-state index in [0.717, 1.165) is 19.3 Å². The molecule has 0 saturated carbocycles. The van der Waals surface area contributed by atoms with Crippen LogP contribution in [0.3, 0.4) is 0 Å². The molecule has 2 aliphatic heterocycles. The SMILES string of the molecule is CN1CCN(c2ccc(OC(F)(F)F)c(Nc3ncc(F)c(C4CCC=[N+]4[O-])n3)c2)CC1. The molecule has 32 heavy (non-hydrogen) atoms. The summed E-state index contributed by atoms with van der Waals surface area (Å²) in [5.41, 5.74) is 0.571. The molecule has 0 aliphatic carbocycles. The fourth-order valence-electron chi connectivity index (χ4n) is 3.76. The Morgan fingerprint density at radius 1 is 1.22 bits per heavy atom. The number of ether oxygens (including phenoxy) is 1. The smallest absolute Gasteiger partial charge is 0.573 e. The van der Waals surface area contributed by atoms with Crippen LogP contribution in [-0.2, 0) is 0 Å². The molecule has 1 saturated heterocycles. The van der Waals surface area contributed by atoms with E-state index in [1.165, 1.54) is 18.3 Å². The number of benzene rings is 1. The molecular formula is C20H22F4N6O2. The van der Waals surface area contributed by atoms with Gasteiger partial charge in [-0.2, -0.15) is 0 Å². The van der Waals surface area contributed by atoms with Crippen LogP contribution in [0, 0.1) is 11.0 Å². The summed E-state index contributed by atoms with van der Waals surface area (Å²) in [5.74, 6) is -1.36. The van der Waals surface area contributed by atoms with E-state index in [-0.39, 0.29) is 17.3 Å². The summed E-state index contributed by atoms with van der Waals surface area (Å²) in [6.45, 7) is 3.06. The number of likely N-dealkylation sites (N-methyl/N-ethyl adjacent to an activating group) is 1. The lowest BCUT2D eigenvalue weighted by Gasteiger charge is -2.34. The normalized spacial score (nSPS) is 19.7. The monoisotopic (exact) mass is 454 g/mol. The second-order valence-corrected chi connectivity index (χ2v) is 7.71. The van der Waals surface area contributed by atoms with Crippen LogP contribution in [0.4, 0.5) is 34.9 Å². The Bertz CT molecular complexity index is 1010. The van der Waals surface area contributed by atoms with Crippen molar-refractivity contribution in [3.05, 3.63) is 41.1 Å². The van der Waals surface area contributed by atoms with Crippen LogP contribution < -0.4 is 15.0 Å².